The summed E-state index contributed by atoms with van der Waals surface area (Å²) in [5, 5.41) is 11.8. The van der Waals surface area contributed by atoms with Gasteiger partial charge in [-0.3, -0.25) is 19.0 Å². The van der Waals surface area contributed by atoms with Crippen molar-refractivity contribution in [2.75, 3.05) is 11.4 Å². The van der Waals surface area contributed by atoms with Crippen LogP contribution in [0.1, 0.15) is 43.5 Å². The number of fused-ring (bicyclic) bond motifs is 1. The normalized spacial score (nSPS) is 17.3. The van der Waals surface area contributed by atoms with Gasteiger partial charge in [-0.05, 0) is 44.4 Å². The molecule has 0 spiro atoms. The number of nitrogens with two attached hydrogens (primary N) is 2. The SMILES string of the molecule is CCC(C(=O)[C@H](C)N)[C@H](N)C(=O)NC1CCCN1c1nc2c(cc1F)c(=O)c(C(=O)O)cn2-c1ccc(F)cc1F. The van der Waals surface area contributed by atoms with Crippen molar-refractivity contribution < 1.29 is 32.7 Å². The average molecular weight is 575 g/mol. The number of amides is 1. The maximum atomic E-state index is 15.5. The number of carbonyl (C=O) groups excluding carboxylic acids is 2. The zero-order valence-electron chi connectivity index (χ0n) is 22.2. The molecule has 3 heterocycles. The largest absolute Gasteiger partial charge is 0.477 e. The van der Waals surface area contributed by atoms with Crippen molar-refractivity contribution in [2.24, 2.45) is 17.4 Å². The van der Waals surface area contributed by atoms with Gasteiger partial charge in [-0.15, -0.1) is 0 Å². The van der Waals surface area contributed by atoms with Gasteiger partial charge in [0, 0.05) is 24.7 Å². The molecule has 1 amide bonds. The second-order valence-electron chi connectivity index (χ2n) is 9.90. The molecule has 0 saturated carbocycles. The van der Waals surface area contributed by atoms with Crippen molar-refractivity contribution >= 4 is 34.5 Å². The first kappa shape index (κ1) is 29.7. The fourth-order valence-electron chi connectivity index (χ4n) is 5.01. The molecule has 1 aliphatic heterocycles. The molecule has 1 fully saturated rings. The van der Waals surface area contributed by atoms with Crippen molar-refractivity contribution in [3.8, 4) is 5.69 Å². The predicted octanol–water partition coefficient (Wildman–Crippen LogP) is 1.81. The summed E-state index contributed by atoms with van der Waals surface area (Å²) in [6.45, 7) is 3.43. The lowest BCUT2D eigenvalue weighted by Gasteiger charge is -2.29. The van der Waals surface area contributed by atoms with Crippen molar-refractivity contribution in [2.45, 2.75) is 51.4 Å². The van der Waals surface area contributed by atoms with E-state index in [-0.39, 0.29) is 35.9 Å². The van der Waals surface area contributed by atoms with E-state index in [0.717, 1.165) is 29.0 Å². The van der Waals surface area contributed by atoms with Gasteiger partial charge < -0.3 is 26.8 Å². The first-order valence-corrected chi connectivity index (χ1v) is 12.9. The smallest absolute Gasteiger partial charge is 0.341 e. The molecule has 0 bridgehead atoms. The number of hydrogen-bond acceptors (Lipinski definition) is 8. The van der Waals surface area contributed by atoms with Gasteiger partial charge in [-0.25, -0.2) is 22.9 Å². The third kappa shape index (κ3) is 5.65. The molecule has 0 radical (unpaired) electrons. The number of nitrogens with one attached hydrogen (secondary N) is 1. The number of ketones is 1. The quantitative estimate of drug-likeness (QED) is 0.297. The Morgan fingerprint density at radius 1 is 1.17 bits per heavy atom. The van der Waals surface area contributed by atoms with Crippen LogP contribution in [-0.2, 0) is 9.59 Å². The average Bonchev–Trinajstić information content (AvgIpc) is 3.37. The molecular formula is C27H29F3N6O5. The Kier molecular flexibility index (Phi) is 8.44. The van der Waals surface area contributed by atoms with Gasteiger partial charge in [0.25, 0.3) is 0 Å². The van der Waals surface area contributed by atoms with E-state index in [1.807, 2.05) is 0 Å². The molecule has 1 saturated heterocycles. The number of benzene rings is 1. The first-order chi connectivity index (χ1) is 19.3. The molecule has 2 unspecified atom stereocenters. The van der Waals surface area contributed by atoms with Crippen LogP contribution in [0.25, 0.3) is 16.7 Å². The van der Waals surface area contributed by atoms with E-state index in [2.05, 4.69) is 10.3 Å². The van der Waals surface area contributed by atoms with Gasteiger partial charge in [0.1, 0.15) is 23.4 Å². The predicted molar refractivity (Wildman–Crippen MR) is 143 cm³/mol. The number of nitrogens with zero attached hydrogens (tertiary/aromatic N) is 3. The number of carboxylic acids is 1. The maximum Gasteiger partial charge on any atom is 0.341 e. The minimum absolute atomic E-state index is 0.230. The molecule has 4 atom stereocenters. The molecule has 0 aliphatic carbocycles. The highest BCUT2D eigenvalue weighted by Crippen LogP contribution is 2.29. The van der Waals surface area contributed by atoms with E-state index >= 15 is 4.39 Å². The van der Waals surface area contributed by atoms with Gasteiger partial charge in [0.2, 0.25) is 11.3 Å². The van der Waals surface area contributed by atoms with Crippen LogP contribution in [0, 0.1) is 23.4 Å². The third-order valence-electron chi connectivity index (χ3n) is 7.14. The van der Waals surface area contributed by atoms with Gasteiger partial charge in [-0.1, -0.05) is 6.92 Å². The highest BCUT2D eigenvalue weighted by molar-refractivity contribution is 5.94. The summed E-state index contributed by atoms with van der Waals surface area (Å²) in [5.74, 6) is -6.75. The topological polar surface area (TPSA) is 174 Å². The highest BCUT2D eigenvalue weighted by atomic mass is 19.1. The number of aromatic carboxylic acids is 1. The lowest BCUT2D eigenvalue weighted by atomic mass is 9.89. The first-order valence-electron chi connectivity index (χ1n) is 12.9. The Balaban J connectivity index is 1.78. The van der Waals surface area contributed by atoms with E-state index in [4.69, 9.17) is 11.5 Å². The molecule has 3 aromatic rings. The zero-order chi connectivity index (χ0) is 30.2. The number of Topliss-reactive ketones (excluding diaryl/α,β-unsaturated/α-hetero) is 1. The van der Waals surface area contributed by atoms with Crippen molar-refractivity contribution in [1.82, 2.24) is 14.9 Å². The maximum absolute atomic E-state index is 15.5. The molecule has 6 N–H and O–H groups in total. The number of carboxylic acid groups (broad SMARTS) is 1. The zero-order valence-corrected chi connectivity index (χ0v) is 22.2. The molecule has 11 nitrogen and oxygen atoms in total. The fraction of sp³-hybridized carbons (Fsp3) is 0.370. The van der Waals surface area contributed by atoms with Gasteiger partial charge >= 0.3 is 5.97 Å². The standard InChI is InChI=1S/C27H29F3N6O5/c1-3-14(22(37)12(2)31)21(32)26(39)33-20-5-4-8-35(20)25-18(30)10-15-23(38)16(27(40)41)11-36(24(15)34-25)19-7-6-13(28)9-17(19)29/h6-7,9-12,14,20-21H,3-5,8,31-32H2,1-2H3,(H,33,39)(H,40,41)/t12-,14?,20?,21-/m0/s1. The molecule has 14 heteroatoms. The number of aromatic nitrogens is 2. The number of carbonyl (C=O) groups is 3. The van der Waals surface area contributed by atoms with E-state index < -0.39 is 69.9 Å². The number of anilines is 1. The summed E-state index contributed by atoms with van der Waals surface area (Å²) in [4.78, 5) is 55.7. The van der Waals surface area contributed by atoms with Crippen LogP contribution in [-0.4, -0.2) is 57.1 Å². The van der Waals surface area contributed by atoms with Crippen LogP contribution in [0.4, 0.5) is 19.0 Å². The minimum Gasteiger partial charge on any atom is -0.477 e. The second-order valence-corrected chi connectivity index (χ2v) is 9.90. The Morgan fingerprint density at radius 2 is 1.88 bits per heavy atom. The number of hydrogen-bond donors (Lipinski definition) is 4. The fourth-order valence-corrected chi connectivity index (χ4v) is 5.01. The lowest BCUT2D eigenvalue weighted by molar-refractivity contribution is -0.131. The highest BCUT2D eigenvalue weighted by Gasteiger charge is 2.35. The minimum atomic E-state index is -1.63. The lowest BCUT2D eigenvalue weighted by Crippen LogP contribution is -2.55. The Labute approximate surface area is 231 Å². The molecule has 218 valence electrons. The molecule has 2 aromatic heterocycles. The summed E-state index contributed by atoms with van der Waals surface area (Å²) in [6, 6.07) is 1.29. The van der Waals surface area contributed by atoms with E-state index in [1.54, 1.807) is 6.92 Å². The Morgan fingerprint density at radius 3 is 2.49 bits per heavy atom. The Hall–Kier alpha value is -4.30. The molecular weight excluding hydrogens is 545 g/mol. The van der Waals surface area contributed by atoms with Crippen molar-refractivity contribution in [3.63, 3.8) is 0 Å². The Bertz CT molecular complexity index is 1590. The number of halogens is 3. The van der Waals surface area contributed by atoms with Crippen LogP contribution in [0.5, 0.6) is 0 Å². The van der Waals surface area contributed by atoms with Gasteiger partial charge in [-0.2, -0.15) is 0 Å². The summed E-state index contributed by atoms with van der Waals surface area (Å²) < 4.78 is 44.8. The molecule has 41 heavy (non-hydrogen) atoms. The van der Waals surface area contributed by atoms with Crippen LogP contribution < -0.4 is 27.1 Å². The summed E-state index contributed by atoms with van der Waals surface area (Å²) in [6.07, 6.45) is 1.19. The summed E-state index contributed by atoms with van der Waals surface area (Å²) in [7, 11) is 0. The van der Waals surface area contributed by atoms with Crippen LogP contribution in [0.15, 0.2) is 35.3 Å². The number of rotatable bonds is 9. The van der Waals surface area contributed by atoms with E-state index in [1.165, 1.54) is 11.8 Å². The van der Waals surface area contributed by atoms with Crippen molar-refractivity contribution in [3.05, 3.63) is 63.7 Å². The van der Waals surface area contributed by atoms with Gasteiger partial charge in [0.15, 0.2) is 23.1 Å². The van der Waals surface area contributed by atoms with Gasteiger partial charge in [0.05, 0.1) is 23.2 Å². The van der Waals surface area contributed by atoms with E-state index in [0.29, 0.717) is 18.9 Å². The van der Waals surface area contributed by atoms with Crippen LogP contribution in [0.3, 0.4) is 0 Å². The third-order valence-corrected chi connectivity index (χ3v) is 7.14. The summed E-state index contributed by atoms with van der Waals surface area (Å²) in [5.41, 5.74) is 9.34. The monoisotopic (exact) mass is 574 g/mol. The van der Waals surface area contributed by atoms with Crippen LogP contribution >= 0.6 is 0 Å². The molecule has 1 aliphatic rings. The van der Waals surface area contributed by atoms with E-state index in [9.17, 15) is 33.1 Å². The van der Waals surface area contributed by atoms with Crippen LogP contribution in [0.2, 0.25) is 0 Å². The summed E-state index contributed by atoms with van der Waals surface area (Å²) >= 11 is 0. The van der Waals surface area contributed by atoms with Crippen molar-refractivity contribution in [1.29, 1.82) is 0 Å². The molecule has 1 aromatic carbocycles. The second kappa shape index (κ2) is 11.7. The molecule has 4 rings (SSSR count). The number of pyridine rings is 2.